The summed E-state index contributed by atoms with van der Waals surface area (Å²) in [4.78, 5) is 2.48. The van der Waals surface area contributed by atoms with Crippen LogP contribution in [0, 0.1) is 0 Å². The second-order valence-electron chi connectivity index (χ2n) is 13.7. The van der Waals surface area contributed by atoms with Crippen molar-refractivity contribution in [3.05, 3.63) is 212 Å². The Hall–Kier alpha value is -6.96. The van der Waals surface area contributed by atoms with E-state index in [-0.39, 0.29) is 0 Å². The van der Waals surface area contributed by atoms with Crippen LogP contribution in [0.25, 0.3) is 76.5 Å². The van der Waals surface area contributed by atoms with Gasteiger partial charge in [0.25, 0.3) is 0 Å². The van der Waals surface area contributed by atoms with Crippen LogP contribution in [0.2, 0.25) is 0 Å². The SMILES string of the molecule is c1ccc(-c2ccc(-c3c(N(c4ccc(-c5cccc6ccccc56)cc4)c4ccc5ccccc5c4)c4ccccc4c4ccccc34)cc2)cc1. The standard InChI is InChI=1S/C52H35N/c1-2-13-36(14-3-1)38-25-27-41(28-26-38)51-49-22-10-8-20-47(49)48-21-9-11-23-50(48)52(51)53(44-34-29-37-15-4-5-17-42(37)35-44)43-32-30-40(31-33-43)46-24-12-18-39-16-6-7-19-45(39)46/h1-35H. The Bertz CT molecular complexity index is 2920. The summed E-state index contributed by atoms with van der Waals surface area (Å²) in [6.07, 6.45) is 0. The van der Waals surface area contributed by atoms with Crippen molar-refractivity contribution in [2.75, 3.05) is 4.90 Å². The lowest BCUT2D eigenvalue weighted by Crippen LogP contribution is -2.12. The largest absolute Gasteiger partial charge is 0.309 e. The minimum Gasteiger partial charge on any atom is -0.309 e. The predicted molar refractivity (Wildman–Crippen MR) is 227 cm³/mol. The second kappa shape index (κ2) is 13.0. The lowest BCUT2D eigenvalue weighted by molar-refractivity contribution is 1.31. The summed E-state index contributed by atoms with van der Waals surface area (Å²) in [5, 5.41) is 9.86. The molecule has 0 aliphatic heterocycles. The highest BCUT2D eigenvalue weighted by molar-refractivity contribution is 6.22. The Balaban J connectivity index is 1.25. The van der Waals surface area contributed by atoms with Crippen LogP contribution in [-0.2, 0) is 0 Å². The Morgan fingerprint density at radius 3 is 1.53 bits per heavy atom. The summed E-state index contributed by atoms with van der Waals surface area (Å²) < 4.78 is 0. The fourth-order valence-electron chi connectivity index (χ4n) is 8.10. The molecule has 0 atom stereocenters. The summed E-state index contributed by atoms with van der Waals surface area (Å²) >= 11 is 0. The van der Waals surface area contributed by atoms with Crippen molar-refractivity contribution in [2.45, 2.75) is 0 Å². The van der Waals surface area contributed by atoms with E-state index in [2.05, 4.69) is 217 Å². The Kier molecular flexibility index (Phi) is 7.55. The van der Waals surface area contributed by atoms with Gasteiger partial charge in [-0.1, -0.05) is 188 Å². The Morgan fingerprint density at radius 2 is 0.774 bits per heavy atom. The van der Waals surface area contributed by atoms with Crippen LogP contribution in [0.1, 0.15) is 0 Å². The summed E-state index contributed by atoms with van der Waals surface area (Å²) in [5.41, 5.74) is 10.6. The summed E-state index contributed by atoms with van der Waals surface area (Å²) in [6, 6.07) is 77.4. The van der Waals surface area contributed by atoms with E-state index in [9.17, 15) is 0 Å². The van der Waals surface area contributed by atoms with Crippen LogP contribution >= 0.6 is 0 Å². The summed E-state index contributed by atoms with van der Waals surface area (Å²) in [6.45, 7) is 0. The monoisotopic (exact) mass is 673 g/mol. The van der Waals surface area contributed by atoms with Crippen LogP contribution in [0.4, 0.5) is 17.1 Å². The van der Waals surface area contributed by atoms with Crippen LogP contribution in [0.3, 0.4) is 0 Å². The molecule has 0 aromatic heterocycles. The maximum atomic E-state index is 2.48. The highest BCUT2D eigenvalue weighted by Gasteiger charge is 2.24. The van der Waals surface area contributed by atoms with Crippen molar-refractivity contribution in [1.82, 2.24) is 0 Å². The highest BCUT2D eigenvalue weighted by Crippen LogP contribution is 2.50. The molecule has 0 amide bonds. The van der Waals surface area contributed by atoms with Gasteiger partial charge < -0.3 is 4.90 Å². The molecule has 248 valence electrons. The zero-order valence-electron chi connectivity index (χ0n) is 29.2. The van der Waals surface area contributed by atoms with Gasteiger partial charge in [-0.05, 0) is 89.8 Å². The quantitative estimate of drug-likeness (QED) is 0.159. The van der Waals surface area contributed by atoms with Crippen LogP contribution < -0.4 is 4.90 Å². The van der Waals surface area contributed by atoms with E-state index in [1.807, 2.05) is 0 Å². The number of rotatable bonds is 6. The van der Waals surface area contributed by atoms with Crippen molar-refractivity contribution in [2.24, 2.45) is 0 Å². The molecule has 0 saturated heterocycles. The van der Waals surface area contributed by atoms with Gasteiger partial charge in [0.1, 0.15) is 0 Å². The molecule has 1 nitrogen and oxygen atoms in total. The van der Waals surface area contributed by atoms with Gasteiger partial charge in [-0.3, -0.25) is 0 Å². The average Bonchev–Trinajstić information content (AvgIpc) is 3.24. The molecule has 0 heterocycles. The number of anilines is 3. The van der Waals surface area contributed by atoms with E-state index in [1.54, 1.807) is 0 Å². The first-order valence-electron chi connectivity index (χ1n) is 18.3. The molecule has 0 aliphatic rings. The molecular formula is C52H35N. The summed E-state index contributed by atoms with van der Waals surface area (Å²) in [7, 11) is 0. The number of nitrogens with zero attached hydrogens (tertiary/aromatic N) is 1. The number of benzene rings is 10. The van der Waals surface area contributed by atoms with E-state index in [1.165, 1.54) is 82.2 Å². The molecule has 0 unspecified atom stereocenters. The molecular weight excluding hydrogens is 639 g/mol. The zero-order valence-corrected chi connectivity index (χ0v) is 29.2. The first-order valence-corrected chi connectivity index (χ1v) is 18.3. The van der Waals surface area contributed by atoms with Gasteiger partial charge in [0.05, 0.1) is 5.69 Å². The third-order valence-corrected chi connectivity index (χ3v) is 10.6. The van der Waals surface area contributed by atoms with Gasteiger partial charge in [0.15, 0.2) is 0 Å². The molecule has 10 rings (SSSR count). The zero-order chi connectivity index (χ0) is 35.1. The van der Waals surface area contributed by atoms with E-state index in [0.29, 0.717) is 0 Å². The lowest BCUT2D eigenvalue weighted by atomic mass is 9.89. The van der Waals surface area contributed by atoms with Gasteiger partial charge in [-0.15, -0.1) is 0 Å². The predicted octanol–water partition coefficient (Wildman–Crippen LogP) is 14.8. The Labute approximate surface area is 309 Å². The smallest absolute Gasteiger partial charge is 0.0624 e. The molecule has 0 aliphatic carbocycles. The third kappa shape index (κ3) is 5.42. The summed E-state index contributed by atoms with van der Waals surface area (Å²) in [5.74, 6) is 0. The van der Waals surface area contributed by atoms with E-state index in [4.69, 9.17) is 0 Å². The van der Waals surface area contributed by atoms with E-state index >= 15 is 0 Å². The van der Waals surface area contributed by atoms with E-state index < -0.39 is 0 Å². The molecule has 0 fully saturated rings. The van der Waals surface area contributed by atoms with Gasteiger partial charge in [0, 0.05) is 22.3 Å². The number of hydrogen-bond donors (Lipinski definition) is 0. The highest BCUT2D eigenvalue weighted by atomic mass is 15.1. The molecule has 0 bridgehead atoms. The second-order valence-corrected chi connectivity index (χ2v) is 13.7. The molecule has 10 aromatic rings. The topological polar surface area (TPSA) is 3.24 Å². The van der Waals surface area contributed by atoms with Crippen LogP contribution in [0.5, 0.6) is 0 Å². The first kappa shape index (κ1) is 30.8. The van der Waals surface area contributed by atoms with Crippen LogP contribution in [0.15, 0.2) is 212 Å². The normalized spacial score (nSPS) is 11.4. The molecule has 0 N–H and O–H groups in total. The van der Waals surface area contributed by atoms with Gasteiger partial charge in [0.2, 0.25) is 0 Å². The third-order valence-electron chi connectivity index (χ3n) is 10.6. The fraction of sp³-hybridized carbons (Fsp3) is 0. The van der Waals surface area contributed by atoms with Gasteiger partial charge in [-0.2, -0.15) is 0 Å². The maximum absolute atomic E-state index is 2.48. The molecule has 0 saturated carbocycles. The molecule has 0 spiro atoms. The molecule has 0 radical (unpaired) electrons. The van der Waals surface area contributed by atoms with Crippen molar-refractivity contribution in [3.63, 3.8) is 0 Å². The van der Waals surface area contributed by atoms with Crippen molar-refractivity contribution in [3.8, 4) is 33.4 Å². The van der Waals surface area contributed by atoms with Crippen molar-refractivity contribution in [1.29, 1.82) is 0 Å². The number of hydrogen-bond acceptors (Lipinski definition) is 1. The van der Waals surface area contributed by atoms with Gasteiger partial charge in [-0.25, -0.2) is 0 Å². The average molecular weight is 674 g/mol. The van der Waals surface area contributed by atoms with Crippen molar-refractivity contribution < 1.29 is 0 Å². The minimum absolute atomic E-state index is 1.10. The lowest BCUT2D eigenvalue weighted by Gasteiger charge is -2.31. The molecule has 53 heavy (non-hydrogen) atoms. The maximum Gasteiger partial charge on any atom is 0.0624 e. The first-order chi connectivity index (χ1) is 26.3. The number of fused-ring (bicyclic) bond motifs is 5. The minimum atomic E-state index is 1.10. The van der Waals surface area contributed by atoms with Crippen LogP contribution in [-0.4, -0.2) is 0 Å². The Morgan fingerprint density at radius 1 is 0.264 bits per heavy atom. The van der Waals surface area contributed by atoms with Crippen molar-refractivity contribution >= 4 is 60.2 Å². The van der Waals surface area contributed by atoms with Gasteiger partial charge >= 0.3 is 0 Å². The fourth-order valence-corrected chi connectivity index (χ4v) is 8.10. The molecule has 1 heteroatoms. The van der Waals surface area contributed by atoms with E-state index in [0.717, 1.165) is 11.4 Å². The molecule has 10 aromatic carbocycles.